The summed E-state index contributed by atoms with van der Waals surface area (Å²) in [5.41, 5.74) is 1.77. The second kappa shape index (κ2) is 12.4. The summed E-state index contributed by atoms with van der Waals surface area (Å²) in [6.07, 6.45) is 0. The summed E-state index contributed by atoms with van der Waals surface area (Å²) < 4.78 is 10.8. The van der Waals surface area contributed by atoms with Crippen molar-refractivity contribution >= 4 is 52.4 Å². The fourth-order valence-electron chi connectivity index (χ4n) is 4.12. The molecular formula is C32H24ClN3O6. The van der Waals surface area contributed by atoms with Crippen LogP contribution in [-0.4, -0.2) is 30.3 Å². The molecule has 0 saturated carbocycles. The van der Waals surface area contributed by atoms with Crippen molar-refractivity contribution in [1.82, 2.24) is 0 Å². The first-order chi connectivity index (χ1) is 20.3. The summed E-state index contributed by atoms with van der Waals surface area (Å²) in [5.74, 6) is -0.979. The van der Waals surface area contributed by atoms with Crippen LogP contribution >= 0.6 is 11.6 Å². The highest BCUT2D eigenvalue weighted by molar-refractivity contribution is 6.53. The fourth-order valence-corrected chi connectivity index (χ4v) is 4.34. The van der Waals surface area contributed by atoms with E-state index in [1.54, 1.807) is 73.7 Å². The molecule has 9 nitrogen and oxygen atoms in total. The number of esters is 1. The number of carbonyl (C=O) groups excluding carboxylic acids is 4. The summed E-state index contributed by atoms with van der Waals surface area (Å²) in [4.78, 5) is 51.7. The Balaban J connectivity index is 1.23. The van der Waals surface area contributed by atoms with Crippen LogP contribution in [0.25, 0.3) is 0 Å². The summed E-state index contributed by atoms with van der Waals surface area (Å²) in [5, 5.41) is 5.37. The Bertz CT molecular complexity index is 1690. The highest BCUT2D eigenvalue weighted by atomic mass is 35.5. The monoisotopic (exact) mass is 581 g/mol. The maximum atomic E-state index is 13.2. The number of benzene rings is 4. The Labute approximate surface area is 246 Å². The number of anilines is 3. The molecule has 2 N–H and O–H groups in total. The molecule has 0 unspecified atom stereocenters. The number of para-hydroxylation sites is 1. The van der Waals surface area contributed by atoms with Crippen LogP contribution in [-0.2, 0) is 14.3 Å². The predicted octanol–water partition coefficient (Wildman–Crippen LogP) is 6.34. The number of nitrogens with zero attached hydrogens (tertiary/aromatic N) is 1. The number of nitrogens with one attached hydrogen (secondary N) is 2. The van der Waals surface area contributed by atoms with Crippen LogP contribution in [0.1, 0.15) is 27.6 Å². The van der Waals surface area contributed by atoms with Crippen LogP contribution in [0.2, 0.25) is 0 Å². The summed E-state index contributed by atoms with van der Waals surface area (Å²) in [6, 6.07) is 28.4. The average Bonchev–Trinajstić information content (AvgIpc) is 3.21. The Hall–Kier alpha value is -5.41. The lowest BCUT2D eigenvalue weighted by Crippen LogP contribution is -2.32. The zero-order valence-electron chi connectivity index (χ0n) is 22.3. The number of ether oxygens (including phenoxy) is 2. The van der Waals surface area contributed by atoms with Crippen molar-refractivity contribution in [3.8, 4) is 11.5 Å². The van der Waals surface area contributed by atoms with E-state index in [0.29, 0.717) is 39.7 Å². The maximum Gasteiger partial charge on any atom is 0.338 e. The van der Waals surface area contributed by atoms with Crippen molar-refractivity contribution in [1.29, 1.82) is 0 Å². The molecule has 0 bridgehead atoms. The molecule has 0 spiro atoms. The van der Waals surface area contributed by atoms with Gasteiger partial charge in [0.15, 0.2) is 0 Å². The van der Waals surface area contributed by atoms with E-state index in [2.05, 4.69) is 10.6 Å². The normalized spacial score (nSPS) is 12.8. The van der Waals surface area contributed by atoms with Crippen molar-refractivity contribution in [2.75, 3.05) is 22.1 Å². The minimum Gasteiger partial charge on any atom is -0.462 e. The van der Waals surface area contributed by atoms with E-state index in [1.807, 2.05) is 30.3 Å². The van der Waals surface area contributed by atoms with E-state index >= 15 is 0 Å². The molecule has 42 heavy (non-hydrogen) atoms. The number of imide groups is 1. The zero-order valence-corrected chi connectivity index (χ0v) is 23.1. The van der Waals surface area contributed by atoms with Gasteiger partial charge < -0.3 is 20.1 Å². The topological polar surface area (TPSA) is 114 Å². The van der Waals surface area contributed by atoms with E-state index in [4.69, 9.17) is 21.1 Å². The van der Waals surface area contributed by atoms with Crippen LogP contribution in [0.15, 0.2) is 114 Å². The van der Waals surface area contributed by atoms with E-state index < -0.39 is 23.7 Å². The maximum absolute atomic E-state index is 13.2. The molecule has 210 valence electrons. The van der Waals surface area contributed by atoms with Gasteiger partial charge in [-0.25, -0.2) is 9.69 Å². The van der Waals surface area contributed by atoms with Gasteiger partial charge in [-0.2, -0.15) is 0 Å². The molecule has 5 rings (SSSR count). The number of rotatable bonds is 9. The van der Waals surface area contributed by atoms with Gasteiger partial charge in [0.1, 0.15) is 22.2 Å². The molecular weight excluding hydrogens is 558 g/mol. The number of carbonyl (C=O) groups is 4. The summed E-state index contributed by atoms with van der Waals surface area (Å²) >= 11 is 6.27. The quantitative estimate of drug-likeness (QED) is 0.175. The number of amides is 3. The van der Waals surface area contributed by atoms with Gasteiger partial charge in [0.2, 0.25) is 0 Å². The lowest BCUT2D eigenvalue weighted by molar-refractivity contribution is -0.120. The summed E-state index contributed by atoms with van der Waals surface area (Å²) in [7, 11) is 0. The van der Waals surface area contributed by atoms with Crippen LogP contribution in [0.5, 0.6) is 11.5 Å². The van der Waals surface area contributed by atoms with Crippen molar-refractivity contribution in [2.24, 2.45) is 0 Å². The van der Waals surface area contributed by atoms with Crippen molar-refractivity contribution in [2.45, 2.75) is 6.92 Å². The van der Waals surface area contributed by atoms with Gasteiger partial charge in [-0.1, -0.05) is 35.9 Å². The fraction of sp³-hybridized carbons (Fsp3) is 0.0625. The van der Waals surface area contributed by atoms with E-state index in [1.165, 1.54) is 6.07 Å². The van der Waals surface area contributed by atoms with Crippen molar-refractivity contribution in [3.63, 3.8) is 0 Å². The van der Waals surface area contributed by atoms with Crippen LogP contribution < -0.4 is 20.3 Å². The molecule has 1 heterocycles. The van der Waals surface area contributed by atoms with Crippen molar-refractivity contribution < 1.29 is 28.7 Å². The SMILES string of the molecule is CCOC(=O)c1cccc(NC(=O)c2ccc(NC3=C(Cl)C(=O)N(c4ccc(Oc5ccccc5)cc4)C3=O)cc2)c1. The van der Waals surface area contributed by atoms with Gasteiger partial charge in [0.05, 0.1) is 17.9 Å². The van der Waals surface area contributed by atoms with E-state index in [0.717, 1.165) is 4.90 Å². The lowest BCUT2D eigenvalue weighted by Gasteiger charge is -2.16. The Morgan fingerprint density at radius 2 is 1.45 bits per heavy atom. The third kappa shape index (κ3) is 6.16. The van der Waals surface area contributed by atoms with Gasteiger partial charge >= 0.3 is 5.97 Å². The average molecular weight is 582 g/mol. The molecule has 0 atom stereocenters. The molecule has 0 aliphatic carbocycles. The molecule has 4 aromatic rings. The smallest absolute Gasteiger partial charge is 0.338 e. The second-order valence-electron chi connectivity index (χ2n) is 9.00. The Morgan fingerprint density at radius 1 is 0.762 bits per heavy atom. The Kier molecular flexibility index (Phi) is 8.31. The third-order valence-corrected chi connectivity index (χ3v) is 6.50. The molecule has 1 aliphatic rings. The van der Waals surface area contributed by atoms with Crippen LogP contribution in [0.4, 0.5) is 17.1 Å². The van der Waals surface area contributed by atoms with Gasteiger partial charge in [-0.3, -0.25) is 14.4 Å². The van der Waals surface area contributed by atoms with Crippen LogP contribution in [0.3, 0.4) is 0 Å². The highest BCUT2D eigenvalue weighted by Crippen LogP contribution is 2.32. The standard InChI is InChI=1S/C32H24ClN3O6/c1-2-41-32(40)21-7-6-8-23(19-21)35-29(37)20-11-13-22(14-12-20)34-28-27(33)30(38)36(31(28)39)24-15-17-26(18-16-24)42-25-9-4-3-5-10-25/h3-19,34H,2H2,1H3,(H,35,37). The number of hydrogen-bond donors (Lipinski definition) is 2. The van der Waals surface area contributed by atoms with Gasteiger partial charge in [-0.05, 0) is 85.8 Å². The molecule has 3 amide bonds. The van der Waals surface area contributed by atoms with E-state index in [9.17, 15) is 19.2 Å². The molecule has 0 fully saturated rings. The molecule has 0 saturated heterocycles. The van der Waals surface area contributed by atoms with Gasteiger partial charge in [-0.15, -0.1) is 0 Å². The Morgan fingerprint density at radius 3 is 2.14 bits per heavy atom. The first kappa shape index (κ1) is 28.1. The van der Waals surface area contributed by atoms with Gasteiger partial charge in [0, 0.05) is 16.9 Å². The molecule has 4 aromatic carbocycles. The largest absolute Gasteiger partial charge is 0.462 e. The lowest BCUT2D eigenvalue weighted by atomic mass is 10.1. The predicted molar refractivity (Wildman–Crippen MR) is 159 cm³/mol. The first-order valence-electron chi connectivity index (χ1n) is 12.9. The molecule has 0 radical (unpaired) electrons. The molecule has 1 aliphatic heterocycles. The van der Waals surface area contributed by atoms with Gasteiger partial charge in [0.25, 0.3) is 17.7 Å². The molecule has 10 heteroatoms. The number of hydrogen-bond acceptors (Lipinski definition) is 7. The van der Waals surface area contributed by atoms with Crippen molar-refractivity contribution in [3.05, 3.63) is 125 Å². The zero-order chi connectivity index (χ0) is 29.6. The minimum absolute atomic E-state index is 0.0840. The van der Waals surface area contributed by atoms with E-state index in [-0.39, 0.29) is 17.3 Å². The summed E-state index contributed by atoms with van der Waals surface area (Å²) in [6.45, 7) is 1.96. The molecule has 0 aromatic heterocycles. The first-order valence-corrected chi connectivity index (χ1v) is 13.3. The minimum atomic E-state index is -0.665. The number of halogens is 1. The second-order valence-corrected chi connectivity index (χ2v) is 9.38. The van der Waals surface area contributed by atoms with Crippen LogP contribution in [0, 0.1) is 0 Å². The third-order valence-electron chi connectivity index (χ3n) is 6.15. The highest BCUT2D eigenvalue weighted by Gasteiger charge is 2.39.